The monoisotopic (exact) mass is 245 g/mol. The minimum absolute atomic E-state index is 0.153. The van der Waals surface area contributed by atoms with E-state index in [1.807, 2.05) is 19.0 Å². The minimum atomic E-state index is -0.888. The first kappa shape index (κ1) is 15.7. The van der Waals surface area contributed by atoms with Crippen LogP contribution in [0.25, 0.3) is 0 Å². The highest BCUT2D eigenvalue weighted by Gasteiger charge is 2.19. The molecule has 0 aliphatic carbocycles. The molecule has 0 heterocycles. The van der Waals surface area contributed by atoms with Crippen molar-refractivity contribution in [2.45, 2.75) is 6.92 Å². The Hall–Kier alpha value is -1.30. The van der Waals surface area contributed by atoms with Gasteiger partial charge >= 0.3 is 12.0 Å². The molecule has 0 rings (SSSR count). The quantitative estimate of drug-likeness (QED) is 0.728. The molecule has 0 saturated carbocycles. The lowest BCUT2D eigenvalue weighted by Gasteiger charge is -2.26. The average Bonchev–Trinajstić information content (AvgIpc) is 2.24. The maximum atomic E-state index is 11.9. The van der Waals surface area contributed by atoms with Gasteiger partial charge in [-0.25, -0.2) is 4.79 Å². The van der Waals surface area contributed by atoms with E-state index in [4.69, 9.17) is 5.11 Å². The van der Waals surface area contributed by atoms with E-state index in [1.165, 1.54) is 4.90 Å². The highest BCUT2D eigenvalue weighted by Crippen LogP contribution is 2.01. The SMILES string of the molecule is CC(CN(C)C(=O)N(C)CCN(C)C)C(=O)O. The van der Waals surface area contributed by atoms with Gasteiger partial charge < -0.3 is 19.8 Å². The first-order valence-electron chi connectivity index (χ1n) is 5.59. The number of carboxylic acid groups (broad SMARTS) is 1. The largest absolute Gasteiger partial charge is 0.481 e. The molecule has 0 radical (unpaired) electrons. The summed E-state index contributed by atoms with van der Waals surface area (Å²) in [5.74, 6) is -1.44. The maximum absolute atomic E-state index is 11.9. The Balaban J connectivity index is 4.15. The third-order valence-corrected chi connectivity index (χ3v) is 2.51. The van der Waals surface area contributed by atoms with Crippen molar-refractivity contribution in [2.24, 2.45) is 5.92 Å². The van der Waals surface area contributed by atoms with Crippen LogP contribution in [0.5, 0.6) is 0 Å². The van der Waals surface area contributed by atoms with Gasteiger partial charge in [-0.2, -0.15) is 0 Å². The highest BCUT2D eigenvalue weighted by atomic mass is 16.4. The number of carbonyl (C=O) groups is 2. The van der Waals surface area contributed by atoms with Gasteiger partial charge in [0.05, 0.1) is 5.92 Å². The van der Waals surface area contributed by atoms with Crippen LogP contribution in [0.4, 0.5) is 4.79 Å². The van der Waals surface area contributed by atoms with Crippen LogP contribution >= 0.6 is 0 Å². The van der Waals surface area contributed by atoms with Crippen molar-refractivity contribution < 1.29 is 14.7 Å². The molecule has 2 amide bonds. The van der Waals surface area contributed by atoms with E-state index in [2.05, 4.69) is 0 Å². The molecular formula is C11H23N3O3. The lowest BCUT2D eigenvalue weighted by Crippen LogP contribution is -2.43. The third kappa shape index (κ3) is 6.11. The minimum Gasteiger partial charge on any atom is -0.481 e. The predicted molar refractivity (Wildman–Crippen MR) is 66.0 cm³/mol. The molecule has 100 valence electrons. The molecule has 0 aliphatic heterocycles. The van der Waals surface area contributed by atoms with E-state index in [9.17, 15) is 9.59 Å². The molecule has 0 saturated heterocycles. The van der Waals surface area contributed by atoms with Crippen LogP contribution in [0.2, 0.25) is 0 Å². The summed E-state index contributed by atoms with van der Waals surface area (Å²) in [6.45, 7) is 3.22. The van der Waals surface area contributed by atoms with Crippen LogP contribution in [-0.2, 0) is 4.79 Å². The number of carboxylic acids is 1. The Morgan fingerprint density at radius 2 is 1.59 bits per heavy atom. The van der Waals surface area contributed by atoms with E-state index in [0.29, 0.717) is 6.54 Å². The van der Waals surface area contributed by atoms with Gasteiger partial charge in [0, 0.05) is 33.7 Å². The fourth-order valence-electron chi connectivity index (χ4n) is 1.30. The lowest BCUT2D eigenvalue weighted by atomic mass is 10.2. The predicted octanol–water partition coefficient (Wildman–Crippen LogP) is 0.252. The van der Waals surface area contributed by atoms with Crippen LogP contribution in [-0.4, -0.2) is 79.6 Å². The third-order valence-electron chi connectivity index (χ3n) is 2.51. The fourth-order valence-corrected chi connectivity index (χ4v) is 1.30. The second-order valence-electron chi connectivity index (χ2n) is 4.63. The Kier molecular flexibility index (Phi) is 6.57. The number of rotatable bonds is 6. The second kappa shape index (κ2) is 7.11. The molecule has 0 bridgehead atoms. The second-order valence-corrected chi connectivity index (χ2v) is 4.63. The van der Waals surface area contributed by atoms with E-state index in [0.717, 1.165) is 6.54 Å². The van der Waals surface area contributed by atoms with Gasteiger partial charge in [-0.3, -0.25) is 4.79 Å². The first-order chi connectivity index (χ1) is 7.75. The smallest absolute Gasteiger partial charge is 0.319 e. The molecule has 1 N–H and O–H groups in total. The van der Waals surface area contributed by atoms with Crippen molar-refractivity contribution in [1.29, 1.82) is 0 Å². The molecular weight excluding hydrogens is 222 g/mol. The molecule has 6 heteroatoms. The summed E-state index contributed by atoms with van der Waals surface area (Å²) in [6.07, 6.45) is 0. The standard InChI is InChI=1S/C11H23N3O3/c1-9(10(15)16)8-14(5)11(17)13(4)7-6-12(2)3/h9H,6-8H2,1-5H3,(H,15,16). The Morgan fingerprint density at radius 3 is 2.00 bits per heavy atom. The number of hydrogen-bond donors (Lipinski definition) is 1. The Labute approximate surface area is 103 Å². The molecule has 1 unspecified atom stereocenters. The van der Waals surface area contributed by atoms with Gasteiger partial charge in [-0.1, -0.05) is 6.92 Å². The van der Waals surface area contributed by atoms with Gasteiger partial charge in [-0.05, 0) is 14.1 Å². The number of amides is 2. The van der Waals surface area contributed by atoms with Gasteiger partial charge in [0.2, 0.25) is 0 Å². The van der Waals surface area contributed by atoms with Crippen molar-refractivity contribution in [3.8, 4) is 0 Å². The zero-order valence-electron chi connectivity index (χ0n) is 11.3. The summed E-state index contributed by atoms with van der Waals surface area (Å²) >= 11 is 0. The molecule has 0 aromatic heterocycles. The summed E-state index contributed by atoms with van der Waals surface area (Å²) in [5.41, 5.74) is 0. The number of carbonyl (C=O) groups excluding carboxylic acids is 1. The zero-order valence-corrected chi connectivity index (χ0v) is 11.3. The zero-order chi connectivity index (χ0) is 13.6. The number of likely N-dealkylation sites (N-methyl/N-ethyl adjacent to an activating group) is 2. The van der Waals surface area contributed by atoms with Crippen molar-refractivity contribution in [3.05, 3.63) is 0 Å². The van der Waals surface area contributed by atoms with Crippen LogP contribution in [0.3, 0.4) is 0 Å². The first-order valence-corrected chi connectivity index (χ1v) is 5.59. The maximum Gasteiger partial charge on any atom is 0.319 e. The van der Waals surface area contributed by atoms with Crippen LogP contribution in [0.1, 0.15) is 6.92 Å². The summed E-state index contributed by atoms with van der Waals surface area (Å²) < 4.78 is 0. The van der Waals surface area contributed by atoms with Crippen molar-refractivity contribution in [3.63, 3.8) is 0 Å². The fraction of sp³-hybridized carbons (Fsp3) is 0.818. The molecule has 6 nitrogen and oxygen atoms in total. The summed E-state index contributed by atoms with van der Waals surface area (Å²) in [7, 11) is 7.21. The van der Waals surface area contributed by atoms with Gasteiger partial charge in [0.25, 0.3) is 0 Å². The normalized spacial score (nSPS) is 12.4. The average molecular weight is 245 g/mol. The van der Waals surface area contributed by atoms with Gasteiger partial charge in [-0.15, -0.1) is 0 Å². The summed E-state index contributed by atoms with van der Waals surface area (Å²) in [4.78, 5) is 27.6. The molecule has 0 aromatic carbocycles. The van der Waals surface area contributed by atoms with Gasteiger partial charge in [0.1, 0.15) is 0 Å². The Morgan fingerprint density at radius 1 is 1.06 bits per heavy atom. The van der Waals surface area contributed by atoms with Crippen molar-refractivity contribution in [1.82, 2.24) is 14.7 Å². The molecule has 0 fully saturated rings. The highest BCUT2D eigenvalue weighted by molar-refractivity contribution is 5.75. The van der Waals surface area contributed by atoms with Crippen molar-refractivity contribution >= 4 is 12.0 Å². The van der Waals surface area contributed by atoms with E-state index >= 15 is 0 Å². The number of aliphatic carboxylic acids is 1. The summed E-state index contributed by atoms with van der Waals surface area (Å²) in [5, 5.41) is 8.77. The molecule has 1 atom stereocenters. The lowest BCUT2D eigenvalue weighted by molar-refractivity contribution is -0.141. The molecule has 0 aliphatic rings. The molecule has 0 aromatic rings. The van der Waals surface area contributed by atoms with Gasteiger partial charge in [0.15, 0.2) is 0 Å². The van der Waals surface area contributed by atoms with E-state index < -0.39 is 11.9 Å². The van der Waals surface area contributed by atoms with E-state index in [-0.39, 0.29) is 12.6 Å². The summed E-state index contributed by atoms with van der Waals surface area (Å²) in [6, 6.07) is -0.153. The molecule has 0 spiro atoms. The van der Waals surface area contributed by atoms with E-state index in [1.54, 1.807) is 25.9 Å². The van der Waals surface area contributed by atoms with Crippen LogP contribution in [0, 0.1) is 5.92 Å². The topological polar surface area (TPSA) is 64.1 Å². The number of urea groups is 1. The van der Waals surface area contributed by atoms with Crippen molar-refractivity contribution in [2.75, 3.05) is 47.8 Å². The number of hydrogen-bond acceptors (Lipinski definition) is 3. The number of nitrogens with zero attached hydrogens (tertiary/aromatic N) is 3. The van der Waals surface area contributed by atoms with Crippen LogP contribution < -0.4 is 0 Å². The molecule has 17 heavy (non-hydrogen) atoms. The van der Waals surface area contributed by atoms with Crippen LogP contribution in [0.15, 0.2) is 0 Å². The Bertz CT molecular complexity index is 269.